The first kappa shape index (κ1) is 46.6. The Morgan fingerprint density at radius 1 is 1.05 bits per heavy atom. The van der Waals surface area contributed by atoms with E-state index in [1.807, 2.05) is 38.2 Å². The molecule has 8 unspecified atom stereocenters. The van der Waals surface area contributed by atoms with Gasteiger partial charge in [-0.2, -0.15) is 0 Å². The van der Waals surface area contributed by atoms with E-state index in [2.05, 4.69) is 10.3 Å². The van der Waals surface area contributed by atoms with Crippen LogP contribution in [0.2, 0.25) is 0 Å². The minimum absolute atomic E-state index is 0.134. The standard InChI is InChI=1S/C43H61N3O11/c1-12-35(47)56-33(28(4)25-34(53-11)43(52)29(5)38(49)46(10)42(43)30(6)54-40(42)51)23-19-16-20-24-44-39(50)41(8,9)37(57-36(48)13-2)27(3)21-17-14-15-18-22-32-26-45-31(7)55-32/h14-21,23,26,28-30,33-34,37,52H,12-13,22,24-25H2,1-11H3,(H,44,50)/b17-14+,18-15+,20-16+,23-19+,27-21+. The number of rotatable bonds is 20. The van der Waals surface area contributed by atoms with Crippen molar-refractivity contribution in [2.24, 2.45) is 17.3 Å². The quantitative estimate of drug-likeness (QED) is 0.102. The maximum Gasteiger partial charge on any atom is 0.339 e. The predicted octanol–water partition coefficient (Wildman–Crippen LogP) is 5.05. The number of likely N-dealkylation sites (N-methyl/N-ethyl adjacent to an activating group) is 1. The minimum atomic E-state index is -1.92. The number of amides is 2. The Hall–Kier alpha value is -4.82. The number of carbonyl (C=O) groups is 5. The van der Waals surface area contributed by atoms with Crippen LogP contribution in [0.3, 0.4) is 0 Å². The predicted molar refractivity (Wildman–Crippen MR) is 212 cm³/mol. The van der Waals surface area contributed by atoms with Gasteiger partial charge < -0.3 is 38.7 Å². The number of hydrogen-bond donors (Lipinski definition) is 2. The summed E-state index contributed by atoms with van der Waals surface area (Å²) < 4.78 is 28.0. The third-order valence-corrected chi connectivity index (χ3v) is 11.0. The van der Waals surface area contributed by atoms with Crippen LogP contribution in [0.1, 0.15) is 86.3 Å². The third kappa shape index (κ3) is 10.0. The van der Waals surface area contributed by atoms with E-state index in [1.165, 1.54) is 19.1 Å². The average Bonchev–Trinajstić information content (AvgIpc) is 3.67. The van der Waals surface area contributed by atoms with Crippen LogP contribution in [-0.2, 0) is 49.3 Å². The van der Waals surface area contributed by atoms with Crippen molar-refractivity contribution in [3.8, 4) is 0 Å². The number of aromatic nitrogens is 1. The van der Waals surface area contributed by atoms with Gasteiger partial charge in [-0.05, 0) is 51.7 Å². The zero-order valence-corrected chi connectivity index (χ0v) is 35.2. The molecule has 3 heterocycles. The molecule has 57 heavy (non-hydrogen) atoms. The number of ether oxygens (including phenoxy) is 4. The first-order valence-corrected chi connectivity index (χ1v) is 19.5. The molecule has 2 amide bonds. The van der Waals surface area contributed by atoms with Crippen molar-refractivity contribution in [1.29, 1.82) is 0 Å². The minimum Gasteiger partial charge on any atom is -0.458 e. The van der Waals surface area contributed by atoms with Gasteiger partial charge in [-0.15, -0.1) is 0 Å². The van der Waals surface area contributed by atoms with E-state index in [4.69, 9.17) is 23.4 Å². The zero-order chi connectivity index (χ0) is 42.7. The summed E-state index contributed by atoms with van der Waals surface area (Å²) in [6, 6.07) is 0. The van der Waals surface area contributed by atoms with E-state index in [9.17, 15) is 29.1 Å². The van der Waals surface area contributed by atoms with Gasteiger partial charge in [-0.3, -0.25) is 19.2 Å². The smallest absolute Gasteiger partial charge is 0.339 e. The molecular formula is C43H61N3O11. The van der Waals surface area contributed by atoms with Gasteiger partial charge >= 0.3 is 17.9 Å². The molecule has 14 heteroatoms. The summed E-state index contributed by atoms with van der Waals surface area (Å²) in [5.74, 6) is -2.32. The first-order chi connectivity index (χ1) is 26.8. The highest BCUT2D eigenvalue weighted by Crippen LogP contribution is 2.54. The number of cyclic esters (lactones) is 1. The lowest BCUT2D eigenvalue weighted by Crippen LogP contribution is -2.80. The van der Waals surface area contributed by atoms with Crippen LogP contribution in [0, 0.1) is 24.2 Å². The number of hydrogen-bond acceptors (Lipinski definition) is 12. The molecule has 0 aliphatic carbocycles. The SMILES string of the molecule is CCC(=O)OC(/C=C/C=C/CNC(=O)C(C)(C)C(OC(=O)CC)/C(C)=C/C=C/C=C/Cc1cnc(C)o1)C(C)CC(OC)C1(O)C(C)C(=O)N(C)C12C(=O)OC2C. The van der Waals surface area contributed by atoms with Crippen LogP contribution < -0.4 is 5.32 Å². The Morgan fingerprint density at radius 2 is 1.70 bits per heavy atom. The van der Waals surface area contributed by atoms with Gasteiger partial charge in [0.25, 0.3) is 0 Å². The molecule has 0 bridgehead atoms. The number of aryl methyl sites for hydroxylation is 1. The molecule has 0 saturated carbocycles. The molecular weight excluding hydrogens is 734 g/mol. The van der Waals surface area contributed by atoms with Gasteiger partial charge in [0, 0.05) is 46.9 Å². The van der Waals surface area contributed by atoms with Gasteiger partial charge in [0.2, 0.25) is 17.4 Å². The lowest BCUT2D eigenvalue weighted by atomic mass is 9.65. The lowest BCUT2D eigenvalue weighted by Gasteiger charge is -2.55. The summed E-state index contributed by atoms with van der Waals surface area (Å²) in [6.45, 7) is 15.6. The van der Waals surface area contributed by atoms with Crippen LogP contribution in [0.25, 0.3) is 0 Å². The van der Waals surface area contributed by atoms with Crippen LogP contribution >= 0.6 is 0 Å². The molecule has 2 saturated heterocycles. The number of nitrogens with one attached hydrogen (secondary N) is 1. The van der Waals surface area contributed by atoms with E-state index in [1.54, 1.807) is 85.0 Å². The second kappa shape index (κ2) is 20.0. The fraction of sp³-hybridized carbons (Fsp3) is 0.581. The van der Waals surface area contributed by atoms with Gasteiger partial charge in [0.05, 0.1) is 23.6 Å². The molecule has 314 valence electrons. The molecule has 2 aliphatic rings. The maximum absolute atomic E-state index is 13.5. The van der Waals surface area contributed by atoms with Crippen LogP contribution in [0.15, 0.2) is 70.9 Å². The highest BCUT2D eigenvalue weighted by atomic mass is 16.6. The number of methoxy groups -OCH3 is 1. The van der Waals surface area contributed by atoms with Gasteiger partial charge in [0.15, 0.2) is 5.89 Å². The molecule has 3 rings (SSSR count). The summed E-state index contributed by atoms with van der Waals surface area (Å²) in [5.41, 5.74) is -3.96. The summed E-state index contributed by atoms with van der Waals surface area (Å²) in [4.78, 5) is 69.8. The van der Waals surface area contributed by atoms with Gasteiger partial charge in [-0.1, -0.05) is 76.3 Å². The summed E-state index contributed by atoms with van der Waals surface area (Å²) in [5, 5.41) is 15.1. The average molecular weight is 796 g/mol. The van der Waals surface area contributed by atoms with Gasteiger partial charge in [0.1, 0.15) is 29.7 Å². The van der Waals surface area contributed by atoms with Gasteiger partial charge in [-0.25, -0.2) is 9.78 Å². The largest absolute Gasteiger partial charge is 0.458 e. The number of esters is 3. The van der Waals surface area contributed by atoms with Crippen molar-refractivity contribution in [2.75, 3.05) is 20.7 Å². The van der Waals surface area contributed by atoms with Crippen LogP contribution in [0.5, 0.6) is 0 Å². The summed E-state index contributed by atoms with van der Waals surface area (Å²) in [6.07, 6.45) is 15.4. The number of aliphatic hydroxyl groups is 1. The van der Waals surface area contributed by atoms with Crippen molar-refractivity contribution in [3.05, 3.63) is 78.1 Å². The topological polar surface area (TPSA) is 184 Å². The Bertz CT molecular complexity index is 1760. The molecule has 0 radical (unpaired) electrons. The Morgan fingerprint density at radius 3 is 2.28 bits per heavy atom. The lowest BCUT2D eigenvalue weighted by molar-refractivity contribution is -0.255. The number of nitrogens with zero attached hydrogens (tertiary/aromatic N) is 2. The van der Waals surface area contributed by atoms with E-state index in [0.29, 0.717) is 17.9 Å². The monoisotopic (exact) mass is 795 g/mol. The van der Waals surface area contributed by atoms with Crippen molar-refractivity contribution in [2.45, 2.75) is 124 Å². The van der Waals surface area contributed by atoms with E-state index < -0.39 is 76.6 Å². The summed E-state index contributed by atoms with van der Waals surface area (Å²) in [7, 11) is 2.89. The number of allylic oxidation sites excluding steroid dienone is 7. The second-order valence-corrected chi connectivity index (χ2v) is 15.2. The highest BCUT2D eigenvalue weighted by Gasteiger charge is 2.80. The molecule has 1 spiro atoms. The van der Waals surface area contributed by atoms with Crippen LogP contribution in [0.4, 0.5) is 0 Å². The number of carbonyl (C=O) groups excluding carboxylic acids is 5. The maximum atomic E-state index is 13.5. The van der Waals surface area contributed by atoms with Crippen molar-refractivity contribution in [1.82, 2.24) is 15.2 Å². The van der Waals surface area contributed by atoms with Crippen molar-refractivity contribution in [3.63, 3.8) is 0 Å². The first-order valence-electron chi connectivity index (χ1n) is 19.5. The molecule has 1 aromatic heterocycles. The number of oxazole rings is 1. The van der Waals surface area contributed by atoms with E-state index in [0.717, 1.165) is 5.76 Å². The molecule has 0 aromatic carbocycles. The Kier molecular flexibility index (Phi) is 16.4. The molecule has 2 fully saturated rings. The zero-order valence-electron chi connectivity index (χ0n) is 35.2. The Balaban J connectivity index is 1.68. The molecule has 8 atom stereocenters. The second-order valence-electron chi connectivity index (χ2n) is 15.2. The van der Waals surface area contributed by atoms with E-state index >= 15 is 0 Å². The molecule has 1 aromatic rings. The normalized spacial score (nSPS) is 25.0. The van der Waals surface area contributed by atoms with Crippen LogP contribution in [-0.4, -0.2) is 101 Å². The number of likely N-dealkylation sites (tertiary alicyclic amines) is 1. The fourth-order valence-corrected chi connectivity index (χ4v) is 7.59. The van der Waals surface area contributed by atoms with E-state index in [-0.39, 0.29) is 31.7 Å². The van der Waals surface area contributed by atoms with Crippen molar-refractivity contribution >= 4 is 29.7 Å². The third-order valence-electron chi connectivity index (χ3n) is 11.0. The highest BCUT2D eigenvalue weighted by molar-refractivity contribution is 5.99. The molecule has 2 N–H and O–H groups in total. The molecule has 14 nitrogen and oxygen atoms in total. The molecule has 2 aliphatic heterocycles. The summed E-state index contributed by atoms with van der Waals surface area (Å²) >= 11 is 0. The van der Waals surface area contributed by atoms with Crippen molar-refractivity contribution < 1.29 is 52.4 Å². The Labute approximate surface area is 336 Å². The fourth-order valence-electron chi connectivity index (χ4n) is 7.59.